The Balaban J connectivity index is 0.00000103. The van der Waals surface area contributed by atoms with Crippen LogP contribution in [0.2, 0.25) is 10.0 Å². The topological polar surface area (TPSA) is 279 Å². The average Bonchev–Trinajstić information content (AvgIpc) is 3.75. The number of anilines is 2. The van der Waals surface area contributed by atoms with Gasteiger partial charge in [-0.15, -0.1) is 17.5 Å². The Morgan fingerprint density at radius 3 is 1.76 bits per heavy atom. The molecule has 1 aromatic heterocycles. The van der Waals surface area contributed by atoms with E-state index in [0.717, 1.165) is 79.8 Å². The number of nitriles is 1. The van der Waals surface area contributed by atoms with Gasteiger partial charge in [0, 0.05) is 60.4 Å². The Labute approximate surface area is 502 Å². The molecule has 0 saturated carbocycles. The Hall–Kier alpha value is -0.517. The summed E-state index contributed by atoms with van der Waals surface area (Å²) < 4.78 is 15.1. The molecule has 4 fully saturated rings. The van der Waals surface area contributed by atoms with E-state index in [-0.39, 0.29) is 152 Å². The van der Waals surface area contributed by atoms with Crippen LogP contribution < -0.4 is 135 Å². The minimum Gasteiger partial charge on any atom is -1.00 e. The number of primary amides is 2. The molecule has 0 bridgehead atoms. The van der Waals surface area contributed by atoms with Crippen LogP contribution >= 0.6 is 47.4 Å². The molecular weight excluding hydrogens is 1020 g/mol. The van der Waals surface area contributed by atoms with Crippen molar-refractivity contribution in [3.8, 4) is 6.19 Å². The molecule has 0 aliphatic carbocycles. The van der Waals surface area contributed by atoms with E-state index in [1.54, 1.807) is 18.0 Å². The molecule has 4 aliphatic heterocycles. The number of nitrogens with zero attached hydrogens (tertiary/aromatic N) is 7. The number of hydrogen-bond donors (Lipinski definition) is 5. The predicted octanol–water partition coefficient (Wildman–Crippen LogP) is -3.81. The molecule has 2 aromatic carbocycles. The van der Waals surface area contributed by atoms with Gasteiger partial charge in [-0.3, -0.25) is 24.2 Å². The van der Waals surface area contributed by atoms with Crippen molar-refractivity contribution in [1.29, 1.82) is 5.26 Å². The van der Waals surface area contributed by atoms with Crippen LogP contribution in [0.25, 0.3) is 0 Å². The third-order valence-corrected chi connectivity index (χ3v) is 14.3. The number of thioether (sulfide) groups is 1. The first-order valence-corrected chi connectivity index (χ1v) is 24.7. The molecule has 4 saturated heterocycles. The summed E-state index contributed by atoms with van der Waals surface area (Å²) in [5.41, 5.74) is 19.1. The summed E-state index contributed by atoms with van der Waals surface area (Å²) in [6, 6.07) is 17.1. The van der Waals surface area contributed by atoms with Crippen molar-refractivity contribution >= 4 is 88.2 Å². The molecule has 0 radical (unpaired) electrons. The van der Waals surface area contributed by atoms with E-state index < -0.39 is 18.1 Å². The van der Waals surface area contributed by atoms with Crippen molar-refractivity contribution in [3.05, 3.63) is 69.7 Å². The zero-order chi connectivity index (χ0) is 46.4. The summed E-state index contributed by atoms with van der Waals surface area (Å²) in [6.07, 6.45) is 10.5. The number of aromatic amines is 1. The van der Waals surface area contributed by atoms with Gasteiger partial charge in [0.1, 0.15) is 12.2 Å². The van der Waals surface area contributed by atoms with E-state index in [4.69, 9.17) is 65.2 Å². The van der Waals surface area contributed by atoms with Gasteiger partial charge in [0.15, 0.2) is 0 Å². The van der Waals surface area contributed by atoms with Crippen molar-refractivity contribution in [1.82, 2.24) is 30.3 Å². The van der Waals surface area contributed by atoms with E-state index in [1.807, 2.05) is 48.9 Å². The van der Waals surface area contributed by atoms with Crippen molar-refractivity contribution < 1.29 is 138 Å². The molecule has 19 nitrogen and oxygen atoms in total. The van der Waals surface area contributed by atoms with Crippen LogP contribution in [0.3, 0.4) is 0 Å². The number of ether oxygens (including phenoxy) is 2. The second kappa shape index (κ2) is 35.6. The number of H-pyrrole nitrogens is 1. The van der Waals surface area contributed by atoms with Crippen molar-refractivity contribution in [2.24, 2.45) is 15.8 Å². The minimum atomic E-state index is -0.567. The molecule has 5 heterocycles. The Kier molecular flexibility index (Phi) is 34.2. The number of aromatic nitrogens is 3. The first-order valence-electron chi connectivity index (χ1n) is 20.7. The summed E-state index contributed by atoms with van der Waals surface area (Å²) in [7, 11) is -0.0432. The number of carbonyl (C=O) groups excluding carboxylic acids is 3. The van der Waals surface area contributed by atoms with E-state index in [2.05, 4.69) is 56.6 Å². The van der Waals surface area contributed by atoms with Crippen LogP contribution in [0.5, 0.6) is 0 Å². The van der Waals surface area contributed by atoms with Gasteiger partial charge < -0.3 is 48.5 Å². The first kappa shape index (κ1) is 64.5. The first-order chi connectivity index (χ1) is 30.8. The number of piperidine rings is 2. The number of rotatable bonds is 12. The molecule has 0 spiro atoms. The number of hydrogen-bond acceptors (Lipinski definition) is 17. The fourth-order valence-electron chi connectivity index (χ4n) is 8.02. The number of nitrogens with two attached hydrogens (primary N) is 3. The standard InChI is InChI=1S/C19H26ClN7O2.C17H24ClN3O2.C4H8N2S2.CH2O3.ClH.2K.H/c20-13-3-1-12(2-4-13)9-15-11-29-16(17(21)28)10-27(15)14-5-7-26(8-6-14)19-23-18(22)24-25-19;18-13-3-1-12(2-4-13)9-15-11-23-16(17(19)22)10-21(15)14-5-7-20-8-6-14;1-7-4-8(2)6-3-5;2-1-4-3;;;;/h1-4,14-16H,5-11H2,(H2,21,28)(H3,22,23,24,25);1-4,14-16,20H,5-11H2,(H2,19,22);4H2,1-2H3;1,3H;1H;;;/q;;;;;2*+1;-1/p-1/t2*15?,16-;;;;;;/m00....../s1. The molecule has 4 aliphatic rings. The van der Waals surface area contributed by atoms with Crippen LogP contribution in [-0.4, -0.2) is 150 Å². The number of carbonyl (C=O) groups is 3. The van der Waals surface area contributed by atoms with E-state index in [1.165, 1.54) is 11.1 Å². The van der Waals surface area contributed by atoms with Crippen LogP contribution in [0.15, 0.2) is 52.9 Å². The van der Waals surface area contributed by atoms with E-state index >= 15 is 0 Å². The molecule has 5 atom stereocenters. The number of benzene rings is 2. The molecule has 8 N–H and O–H groups in total. The van der Waals surface area contributed by atoms with E-state index in [9.17, 15) is 9.59 Å². The number of amides is 2. The molecule has 362 valence electrons. The van der Waals surface area contributed by atoms with Crippen molar-refractivity contribution in [3.63, 3.8) is 0 Å². The SMILES string of the molecule is CSCS(C)=NC#N.Cl.NC(=O)[C@@H]1CN(C2CCN(c3n[nH]c(N)n3)CC2)C(Cc2ccc(Cl)cc2)CO1.NC(=O)[C@@H]1CN(C2CCNCC2)C(Cc2ccc(Cl)cc2)CO1.O=CO[O-].[H-].[K+].[K+]. The normalized spacial score (nSPS) is 21.5. The molecule has 7 rings (SSSR count). The van der Waals surface area contributed by atoms with Gasteiger partial charge in [-0.05, 0) is 99.5 Å². The van der Waals surface area contributed by atoms with Crippen molar-refractivity contribution in [2.45, 2.75) is 74.9 Å². The van der Waals surface area contributed by atoms with Gasteiger partial charge in [0.25, 0.3) is 6.47 Å². The fraction of sp³-hybridized carbons (Fsp3) is 0.561. The van der Waals surface area contributed by atoms with Gasteiger partial charge in [0.05, 0.1) is 18.3 Å². The quantitative estimate of drug-likeness (QED) is 0.0383. The van der Waals surface area contributed by atoms with Gasteiger partial charge in [-0.1, -0.05) is 58.2 Å². The summed E-state index contributed by atoms with van der Waals surface area (Å²) in [5, 5.41) is 29.1. The number of nitrogen functional groups attached to an aromatic ring is 1. The van der Waals surface area contributed by atoms with E-state index in [0.29, 0.717) is 50.3 Å². The van der Waals surface area contributed by atoms with Crippen LogP contribution in [0, 0.1) is 11.5 Å². The summed E-state index contributed by atoms with van der Waals surface area (Å²) in [5.74, 6) is 0.181. The van der Waals surface area contributed by atoms with Crippen LogP contribution in [-0.2, 0) is 52.3 Å². The third kappa shape index (κ3) is 22.8. The Morgan fingerprint density at radius 2 is 1.39 bits per heavy atom. The van der Waals surface area contributed by atoms with Crippen LogP contribution in [0.4, 0.5) is 11.9 Å². The predicted molar refractivity (Wildman–Crippen MR) is 256 cm³/mol. The summed E-state index contributed by atoms with van der Waals surface area (Å²) in [4.78, 5) is 45.7. The summed E-state index contributed by atoms with van der Waals surface area (Å²) in [6.45, 7) is 5.66. The van der Waals surface area contributed by atoms with Crippen molar-refractivity contribution in [2.75, 3.05) is 80.7 Å². The molecule has 67 heavy (non-hydrogen) atoms. The number of halogens is 3. The molecule has 26 heteroatoms. The fourth-order valence-corrected chi connectivity index (χ4v) is 9.98. The van der Waals surface area contributed by atoms with Gasteiger partial charge in [0.2, 0.25) is 29.9 Å². The van der Waals surface area contributed by atoms with Gasteiger partial charge in [-0.2, -0.15) is 26.4 Å². The maximum absolute atomic E-state index is 11.7. The smallest absolute Gasteiger partial charge is 1.00 e. The maximum atomic E-state index is 11.7. The molecule has 3 aromatic rings. The minimum absolute atomic E-state index is 0. The number of nitrogens with one attached hydrogen (secondary N) is 2. The summed E-state index contributed by atoms with van der Waals surface area (Å²) >= 11 is 13.7. The average molecular weight is 1080 g/mol. The maximum Gasteiger partial charge on any atom is 1.00 e. The molecular formula is C41H61Cl3K2N12O7S2. The molecule has 2 amide bonds. The largest absolute Gasteiger partial charge is 1.00 e. The zero-order valence-electron chi connectivity index (χ0n) is 39.5. The number of morpholine rings is 2. The Morgan fingerprint density at radius 1 is 0.940 bits per heavy atom. The molecule has 3 unspecified atom stereocenters. The Bertz CT molecular complexity index is 1980. The van der Waals surface area contributed by atoms with Gasteiger partial charge in [-0.25, -0.2) is 5.10 Å². The van der Waals surface area contributed by atoms with Gasteiger partial charge >= 0.3 is 103 Å². The monoisotopic (exact) mass is 1080 g/mol. The third-order valence-electron chi connectivity index (χ3n) is 11.1. The second-order valence-electron chi connectivity index (χ2n) is 15.4. The van der Waals surface area contributed by atoms with Crippen LogP contribution in [0.1, 0.15) is 38.2 Å². The zero-order valence-corrected chi connectivity index (χ0v) is 48.7. The second-order valence-corrected chi connectivity index (χ2v) is 19.2.